The first-order valence-corrected chi connectivity index (χ1v) is 5.38. The van der Waals surface area contributed by atoms with E-state index in [1.54, 1.807) is 13.8 Å². The van der Waals surface area contributed by atoms with Crippen LogP contribution in [0.15, 0.2) is 4.52 Å². The highest BCUT2D eigenvalue weighted by molar-refractivity contribution is 5.81. The van der Waals surface area contributed by atoms with Crippen LogP contribution in [0.1, 0.15) is 23.9 Å². The molecule has 1 aromatic heterocycles. The molecule has 0 aliphatic heterocycles. The predicted molar refractivity (Wildman–Crippen MR) is 61.0 cm³/mol. The second-order valence-electron chi connectivity index (χ2n) is 4.34. The normalized spacial score (nSPS) is 14.0. The zero-order valence-corrected chi connectivity index (χ0v) is 10.5. The van der Waals surface area contributed by atoms with Gasteiger partial charge in [0.1, 0.15) is 5.76 Å². The summed E-state index contributed by atoms with van der Waals surface area (Å²) in [5.41, 5.74) is -0.691. The van der Waals surface area contributed by atoms with Gasteiger partial charge in [0, 0.05) is 5.56 Å². The SMILES string of the molecule is Cc1noc(C)c1CC(=O)NCC(C)(O)C(=O)O. The summed E-state index contributed by atoms with van der Waals surface area (Å²) in [6.45, 7) is 4.17. The summed E-state index contributed by atoms with van der Waals surface area (Å²) in [7, 11) is 0. The smallest absolute Gasteiger partial charge is 0.337 e. The highest BCUT2D eigenvalue weighted by Gasteiger charge is 2.30. The number of hydrogen-bond donors (Lipinski definition) is 3. The number of hydrogen-bond acceptors (Lipinski definition) is 5. The van der Waals surface area contributed by atoms with Crippen LogP contribution in [0, 0.1) is 13.8 Å². The fraction of sp³-hybridized carbons (Fsp3) is 0.545. The van der Waals surface area contributed by atoms with Gasteiger partial charge in [-0.25, -0.2) is 4.79 Å². The lowest BCUT2D eigenvalue weighted by molar-refractivity contribution is -0.156. The number of aliphatic carboxylic acids is 1. The molecule has 0 aliphatic rings. The Hall–Kier alpha value is -1.89. The first-order chi connectivity index (χ1) is 8.24. The molecule has 0 bridgehead atoms. The molecule has 7 heteroatoms. The highest BCUT2D eigenvalue weighted by Crippen LogP contribution is 2.12. The summed E-state index contributed by atoms with van der Waals surface area (Å²) in [6.07, 6.45) is 0.0386. The van der Waals surface area contributed by atoms with Crippen molar-refractivity contribution in [3.63, 3.8) is 0 Å². The van der Waals surface area contributed by atoms with Crippen LogP contribution < -0.4 is 5.32 Å². The largest absolute Gasteiger partial charge is 0.479 e. The molecule has 0 saturated heterocycles. The molecule has 0 aromatic carbocycles. The van der Waals surface area contributed by atoms with Crippen molar-refractivity contribution in [3.05, 3.63) is 17.0 Å². The molecule has 100 valence electrons. The van der Waals surface area contributed by atoms with Crippen molar-refractivity contribution in [1.82, 2.24) is 10.5 Å². The third-order valence-electron chi connectivity index (χ3n) is 2.61. The topological polar surface area (TPSA) is 113 Å². The summed E-state index contributed by atoms with van der Waals surface area (Å²) in [5.74, 6) is -1.24. The van der Waals surface area contributed by atoms with E-state index in [9.17, 15) is 14.7 Å². The number of nitrogens with one attached hydrogen (secondary N) is 1. The zero-order valence-electron chi connectivity index (χ0n) is 10.5. The van der Waals surface area contributed by atoms with E-state index in [0.717, 1.165) is 6.92 Å². The molecule has 1 aromatic rings. The molecule has 1 heterocycles. The van der Waals surface area contributed by atoms with E-state index in [0.29, 0.717) is 17.0 Å². The average molecular weight is 256 g/mol. The Balaban J connectivity index is 2.56. The third-order valence-corrected chi connectivity index (χ3v) is 2.61. The van der Waals surface area contributed by atoms with E-state index in [1.165, 1.54) is 0 Å². The van der Waals surface area contributed by atoms with Crippen LogP contribution >= 0.6 is 0 Å². The van der Waals surface area contributed by atoms with Crippen LogP contribution in [-0.4, -0.2) is 39.4 Å². The molecule has 0 spiro atoms. The summed E-state index contributed by atoms with van der Waals surface area (Å²) < 4.78 is 4.91. The van der Waals surface area contributed by atoms with E-state index in [4.69, 9.17) is 9.63 Å². The Morgan fingerprint density at radius 3 is 2.50 bits per heavy atom. The molecule has 7 nitrogen and oxygen atoms in total. The van der Waals surface area contributed by atoms with Crippen molar-refractivity contribution in [3.8, 4) is 0 Å². The summed E-state index contributed by atoms with van der Waals surface area (Å²) in [5, 5.41) is 24.2. The van der Waals surface area contributed by atoms with Crippen LogP contribution in [-0.2, 0) is 16.0 Å². The zero-order chi connectivity index (χ0) is 13.9. The Morgan fingerprint density at radius 1 is 1.44 bits per heavy atom. The van der Waals surface area contributed by atoms with Crippen LogP contribution in [0.5, 0.6) is 0 Å². The molecule has 1 unspecified atom stereocenters. The fourth-order valence-corrected chi connectivity index (χ4v) is 1.32. The maximum Gasteiger partial charge on any atom is 0.337 e. The van der Waals surface area contributed by atoms with Crippen LogP contribution in [0.2, 0.25) is 0 Å². The van der Waals surface area contributed by atoms with Gasteiger partial charge in [-0.1, -0.05) is 5.16 Å². The van der Waals surface area contributed by atoms with Crippen molar-refractivity contribution in [2.45, 2.75) is 32.8 Å². The lowest BCUT2D eigenvalue weighted by Crippen LogP contribution is -2.46. The van der Waals surface area contributed by atoms with Crippen molar-refractivity contribution in [1.29, 1.82) is 0 Å². The standard InChI is InChI=1S/C11H16N2O5/c1-6-8(7(2)18-13-6)4-9(14)12-5-11(3,17)10(15)16/h17H,4-5H2,1-3H3,(H,12,14)(H,15,16). The number of aryl methyl sites for hydroxylation is 2. The minimum atomic E-state index is -1.98. The molecule has 0 saturated carbocycles. The van der Waals surface area contributed by atoms with Gasteiger partial charge in [0.05, 0.1) is 18.7 Å². The fourth-order valence-electron chi connectivity index (χ4n) is 1.32. The van der Waals surface area contributed by atoms with Gasteiger partial charge in [0.2, 0.25) is 5.91 Å². The molecular weight excluding hydrogens is 240 g/mol. The monoisotopic (exact) mass is 256 g/mol. The maximum atomic E-state index is 11.6. The van der Waals surface area contributed by atoms with Gasteiger partial charge in [0.15, 0.2) is 5.60 Å². The van der Waals surface area contributed by atoms with E-state index in [1.807, 2.05) is 0 Å². The lowest BCUT2D eigenvalue weighted by atomic mass is 10.1. The van der Waals surface area contributed by atoms with Crippen molar-refractivity contribution in [2.24, 2.45) is 0 Å². The minimum Gasteiger partial charge on any atom is -0.479 e. The molecule has 0 radical (unpaired) electrons. The number of aliphatic hydroxyl groups is 1. The molecule has 18 heavy (non-hydrogen) atoms. The van der Waals surface area contributed by atoms with Crippen molar-refractivity contribution >= 4 is 11.9 Å². The molecule has 0 aliphatic carbocycles. The molecule has 1 rings (SSSR count). The number of carboxylic acid groups (broad SMARTS) is 1. The molecule has 0 fully saturated rings. The highest BCUT2D eigenvalue weighted by atomic mass is 16.5. The number of rotatable bonds is 5. The Kier molecular flexibility index (Phi) is 4.07. The van der Waals surface area contributed by atoms with Gasteiger partial charge in [0.25, 0.3) is 0 Å². The van der Waals surface area contributed by atoms with Gasteiger partial charge < -0.3 is 20.1 Å². The third kappa shape index (κ3) is 3.30. The summed E-state index contributed by atoms with van der Waals surface area (Å²) >= 11 is 0. The van der Waals surface area contributed by atoms with Crippen LogP contribution in [0.3, 0.4) is 0 Å². The number of carbonyl (C=O) groups is 2. The lowest BCUT2D eigenvalue weighted by Gasteiger charge is -2.18. The van der Waals surface area contributed by atoms with E-state index in [2.05, 4.69) is 10.5 Å². The number of nitrogens with zero attached hydrogens (tertiary/aromatic N) is 1. The molecule has 3 N–H and O–H groups in total. The van der Waals surface area contributed by atoms with Gasteiger partial charge in [-0.3, -0.25) is 4.79 Å². The van der Waals surface area contributed by atoms with Gasteiger partial charge in [-0.2, -0.15) is 0 Å². The van der Waals surface area contributed by atoms with Crippen LogP contribution in [0.4, 0.5) is 0 Å². The maximum absolute atomic E-state index is 11.6. The van der Waals surface area contributed by atoms with Crippen molar-refractivity contribution in [2.75, 3.05) is 6.54 Å². The molecular formula is C11H16N2O5. The Labute approximate surface area is 104 Å². The predicted octanol–water partition coefficient (Wildman–Crippen LogP) is -0.214. The van der Waals surface area contributed by atoms with E-state index in [-0.39, 0.29) is 13.0 Å². The number of aromatic nitrogens is 1. The van der Waals surface area contributed by atoms with E-state index >= 15 is 0 Å². The Bertz CT molecular complexity index is 444. The first kappa shape index (κ1) is 14.2. The van der Waals surface area contributed by atoms with E-state index < -0.39 is 17.5 Å². The molecule has 1 atom stereocenters. The first-order valence-electron chi connectivity index (χ1n) is 5.38. The minimum absolute atomic E-state index is 0.0386. The van der Waals surface area contributed by atoms with Gasteiger partial charge >= 0.3 is 5.97 Å². The Morgan fingerprint density at radius 2 is 2.06 bits per heavy atom. The summed E-state index contributed by atoms with van der Waals surface area (Å²) in [4.78, 5) is 22.2. The second kappa shape index (κ2) is 5.18. The van der Waals surface area contributed by atoms with Crippen LogP contribution in [0.25, 0.3) is 0 Å². The summed E-state index contributed by atoms with van der Waals surface area (Å²) in [6, 6.07) is 0. The number of carbonyl (C=O) groups excluding carboxylic acids is 1. The quantitative estimate of drug-likeness (QED) is 0.671. The number of carboxylic acids is 1. The van der Waals surface area contributed by atoms with Gasteiger partial charge in [-0.15, -0.1) is 0 Å². The second-order valence-corrected chi connectivity index (χ2v) is 4.34. The average Bonchev–Trinajstić information content (AvgIpc) is 2.58. The molecule has 1 amide bonds. The number of amides is 1. The van der Waals surface area contributed by atoms with Crippen molar-refractivity contribution < 1.29 is 24.3 Å². The van der Waals surface area contributed by atoms with Gasteiger partial charge in [-0.05, 0) is 20.8 Å².